The maximum atomic E-state index is 7.95. The molecule has 2 aromatic carbocycles. The first kappa shape index (κ1) is 16.8. The minimum Gasteiger partial charge on any atom is -0.399 e. The van der Waals surface area contributed by atoms with Crippen LogP contribution in [0.3, 0.4) is 0 Å². The smallest absolute Gasteiger partial charge is 0.0569 e. The van der Waals surface area contributed by atoms with Crippen LogP contribution in [0.25, 0.3) is 5.57 Å². The number of benzene rings is 2. The molecular weight excluding hydrogens is 306 g/mol. The highest BCUT2D eigenvalue weighted by atomic mass is 14.6. The van der Waals surface area contributed by atoms with Crippen molar-refractivity contribution >= 4 is 22.7 Å². The number of nitrogens with one attached hydrogen (secondary N) is 1. The van der Waals surface area contributed by atoms with Crippen molar-refractivity contribution in [2.24, 2.45) is 0 Å². The van der Waals surface area contributed by atoms with Gasteiger partial charge in [-0.15, -0.1) is 0 Å². The number of hydrogen-bond acceptors (Lipinski definition) is 3. The molecule has 3 nitrogen and oxygen atoms in total. The average molecular weight is 329 g/mol. The van der Waals surface area contributed by atoms with Gasteiger partial charge in [0.15, 0.2) is 0 Å². The van der Waals surface area contributed by atoms with Gasteiger partial charge in [-0.2, -0.15) is 0 Å². The fourth-order valence-corrected chi connectivity index (χ4v) is 3.01. The van der Waals surface area contributed by atoms with E-state index in [1.54, 1.807) is 0 Å². The molecule has 0 atom stereocenters. The van der Waals surface area contributed by atoms with Gasteiger partial charge in [0, 0.05) is 16.9 Å². The molecule has 5 N–H and O–H groups in total. The Morgan fingerprint density at radius 1 is 0.880 bits per heavy atom. The summed E-state index contributed by atoms with van der Waals surface area (Å²) in [6.07, 6.45) is 5.87. The Morgan fingerprint density at radius 3 is 2.28 bits per heavy atom. The van der Waals surface area contributed by atoms with Crippen LogP contribution in [-0.2, 0) is 0 Å². The lowest BCUT2D eigenvalue weighted by atomic mass is 9.87. The molecule has 1 aliphatic carbocycles. The summed E-state index contributed by atoms with van der Waals surface area (Å²) >= 11 is 0. The molecule has 0 saturated carbocycles. The Hall–Kier alpha value is -3.07. The third-order valence-corrected chi connectivity index (χ3v) is 4.55. The quantitative estimate of drug-likeness (QED) is 0.692. The van der Waals surface area contributed by atoms with E-state index in [0.29, 0.717) is 5.71 Å². The van der Waals surface area contributed by atoms with Crippen molar-refractivity contribution < 1.29 is 0 Å². The van der Waals surface area contributed by atoms with Gasteiger partial charge in [0.05, 0.1) is 5.71 Å². The molecule has 126 valence electrons. The van der Waals surface area contributed by atoms with Crippen molar-refractivity contribution in [2.45, 2.75) is 20.8 Å². The topological polar surface area (TPSA) is 75.9 Å². The van der Waals surface area contributed by atoms with E-state index in [-0.39, 0.29) is 0 Å². The highest BCUT2D eigenvalue weighted by Gasteiger charge is 2.16. The van der Waals surface area contributed by atoms with Gasteiger partial charge in [0.25, 0.3) is 0 Å². The van der Waals surface area contributed by atoms with Crippen LogP contribution in [0.2, 0.25) is 0 Å². The lowest BCUT2D eigenvalue weighted by Crippen LogP contribution is -2.04. The molecule has 0 aliphatic heterocycles. The maximum absolute atomic E-state index is 7.95. The molecule has 0 unspecified atom stereocenters. The second-order valence-corrected chi connectivity index (χ2v) is 6.57. The van der Waals surface area contributed by atoms with Gasteiger partial charge in [-0.05, 0) is 85.0 Å². The maximum Gasteiger partial charge on any atom is 0.0569 e. The van der Waals surface area contributed by atoms with Crippen LogP contribution in [0.15, 0.2) is 65.8 Å². The highest BCUT2D eigenvalue weighted by Crippen LogP contribution is 2.35. The van der Waals surface area contributed by atoms with Crippen LogP contribution in [0.1, 0.15) is 29.2 Å². The second kappa shape index (κ2) is 6.44. The third kappa shape index (κ3) is 3.26. The first-order chi connectivity index (χ1) is 11.9. The van der Waals surface area contributed by atoms with Crippen LogP contribution in [-0.4, -0.2) is 5.71 Å². The average Bonchev–Trinajstić information content (AvgIpc) is 2.57. The van der Waals surface area contributed by atoms with Crippen molar-refractivity contribution in [3.05, 3.63) is 88.0 Å². The monoisotopic (exact) mass is 329 g/mol. The molecule has 3 heteroatoms. The predicted octanol–water partition coefficient (Wildman–Crippen LogP) is 4.81. The first-order valence-corrected chi connectivity index (χ1v) is 8.29. The molecule has 0 aromatic heterocycles. The number of aryl methyl sites for hydroxylation is 2. The van der Waals surface area contributed by atoms with Gasteiger partial charge in [-0.1, -0.05) is 23.8 Å². The van der Waals surface area contributed by atoms with E-state index in [1.165, 1.54) is 0 Å². The number of rotatable bonds is 2. The summed E-state index contributed by atoms with van der Waals surface area (Å²) < 4.78 is 0. The van der Waals surface area contributed by atoms with E-state index in [2.05, 4.69) is 19.1 Å². The molecule has 0 heterocycles. The van der Waals surface area contributed by atoms with E-state index in [9.17, 15) is 0 Å². The summed E-state index contributed by atoms with van der Waals surface area (Å²) in [5.74, 6) is 0. The summed E-state index contributed by atoms with van der Waals surface area (Å²) in [6.45, 7) is 6.03. The van der Waals surface area contributed by atoms with Gasteiger partial charge in [0.2, 0.25) is 0 Å². The molecule has 25 heavy (non-hydrogen) atoms. The lowest BCUT2D eigenvalue weighted by molar-refractivity contribution is 1.39. The molecule has 0 radical (unpaired) electrons. The van der Waals surface area contributed by atoms with Gasteiger partial charge in [0.1, 0.15) is 0 Å². The molecule has 0 bridgehead atoms. The fraction of sp³-hybridized carbons (Fsp3) is 0.136. The largest absolute Gasteiger partial charge is 0.399 e. The molecule has 3 rings (SSSR count). The Balaban J connectivity index is 2.33. The normalized spacial score (nSPS) is 16.0. The van der Waals surface area contributed by atoms with Crippen molar-refractivity contribution in [1.82, 2.24) is 0 Å². The Labute approximate surface area is 148 Å². The number of allylic oxidation sites excluding steroid dienone is 5. The number of nitrogens with two attached hydrogens (primary N) is 2. The van der Waals surface area contributed by atoms with Crippen LogP contribution in [0.4, 0.5) is 11.4 Å². The first-order valence-electron chi connectivity index (χ1n) is 8.29. The fourth-order valence-electron chi connectivity index (χ4n) is 3.01. The summed E-state index contributed by atoms with van der Waals surface area (Å²) in [7, 11) is 0. The van der Waals surface area contributed by atoms with Gasteiger partial charge >= 0.3 is 0 Å². The standard InChI is InChI=1S/C22H23N3/c1-13-4-7-21(25)18(10-13)22(16-5-8-19(23)14(2)11-16)17-6-9-20(24)15(3)12-17/h4-12,23H,24-25H2,1-3H3. The van der Waals surface area contributed by atoms with Crippen molar-refractivity contribution in [3.8, 4) is 0 Å². The highest BCUT2D eigenvalue weighted by molar-refractivity contribution is 6.09. The molecule has 2 aromatic rings. The van der Waals surface area contributed by atoms with E-state index in [4.69, 9.17) is 16.9 Å². The predicted molar refractivity (Wildman–Crippen MR) is 108 cm³/mol. The molecule has 0 fully saturated rings. The zero-order chi connectivity index (χ0) is 18.1. The molecule has 0 spiro atoms. The number of hydrogen-bond donors (Lipinski definition) is 3. The lowest BCUT2D eigenvalue weighted by Gasteiger charge is -2.18. The minimum atomic E-state index is 0.536. The summed E-state index contributed by atoms with van der Waals surface area (Å²) in [5.41, 5.74) is 21.7. The van der Waals surface area contributed by atoms with Gasteiger partial charge in [-0.3, -0.25) is 0 Å². The zero-order valence-electron chi connectivity index (χ0n) is 14.9. The van der Waals surface area contributed by atoms with Crippen LogP contribution in [0, 0.1) is 19.3 Å². The number of anilines is 2. The van der Waals surface area contributed by atoms with Gasteiger partial charge < -0.3 is 16.9 Å². The van der Waals surface area contributed by atoms with Crippen LogP contribution >= 0.6 is 0 Å². The van der Waals surface area contributed by atoms with Crippen LogP contribution in [0.5, 0.6) is 0 Å². The summed E-state index contributed by atoms with van der Waals surface area (Å²) in [6, 6.07) is 12.1. The SMILES string of the molecule is CC1=CC(=C(c2ccc(N)c(C)c2)c2cc(C)ccc2N)C=CC1=N. The molecule has 0 saturated heterocycles. The summed E-state index contributed by atoms with van der Waals surface area (Å²) in [5, 5.41) is 7.95. The van der Waals surface area contributed by atoms with E-state index in [0.717, 1.165) is 50.3 Å². The van der Waals surface area contributed by atoms with Crippen molar-refractivity contribution in [3.63, 3.8) is 0 Å². The second-order valence-electron chi connectivity index (χ2n) is 6.57. The van der Waals surface area contributed by atoms with Gasteiger partial charge in [-0.25, -0.2) is 0 Å². The Kier molecular flexibility index (Phi) is 4.32. The molecular formula is C22H23N3. The van der Waals surface area contributed by atoms with Crippen molar-refractivity contribution in [2.75, 3.05) is 11.5 Å². The summed E-state index contributed by atoms with van der Waals surface area (Å²) in [4.78, 5) is 0. The Bertz CT molecular complexity index is 959. The third-order valence-electron chi connectivity index (χ3n) is 4.55. The van der Waals surface area contributed by atoms with E-state index in [1.807, 2.05) is 56.3 Å². The van der Waals surface area contributed by atoms with E-state index >= 15 is 0 Å². The number of nitrogen functional groups attached to an aromatic ring is 2. The molecule has 1 aliphatic rings. The van der Waals surface area contributed by atoms with Crippen molar-refractivity contribution in [1.29, 1.82) is 5.41 Å². The van der Waals surface area contributed by atoms with E-state index < -0.39 is 0 Å². The van der Waals surface area contributed by atoms with Crippen LogP contribution < -0.4 is 11.5 Å². The minimum absolute atomic E-state index is 0.536. The molecule has 0 amide bonds. The zero-order valence-corrected chi connectivity index (χ0v) is 14.9. The Morgan fingerprint density at radius 2 is 1.60 bits per heavy atom.